The van der Waals surface area contributed by atoms with Crippen molar-refractivity contribution in [3.63, 3.8) is 0 Å². The molecule has 1 atom stereocenters. The Morgan fingerprint density at radius 1 is 0.865 bits per heavy atom. The number of hydrogen-bond donors (Lipinski definition) is 1. The van der Waals surface area contributed by atoms with E-state index in [-0.39, 0.29) is 36.9 Å². The maximum Gasteiger partial charge on any atom is 0.261 e. The molecule has 0 saturated carbocycles. The maximum absolute atomic E-state index is 13.8. The van der Waals surface area contributed by atoms with E-state index in [0.717, 1.165) is 11.1 Å². The lowest BCUT2D eigenvalue weighted by Crippen LogP contribution is -2.53. The summed E-state index contributed by atoms with van der Waals surface area (Å²) < 4.78 is 6.01. The largest absolute Gasteiger partial charge is 0.483 e. The number of ether oxygens (including phenoxy) is 1. The fraction of sp³-hybridized carbons (Fsp3) is 0.333. The smallest absolute Gasteiger partial charge is 0.261 e. The van der Waals surface area contributed by atoms with Gasteiger partial charge in [0.05, 0.1) is 0 Å². The fourth-order valence-corrected chi connectivity index (χ4v) is 4.62. The van der Waals surface area contributed by atoms with Crippen LogP contribution in [0.15, 0.2) is 72.8 Å². The Morgan fingerprint density at radius 2 is 1.49 bits per heavy atom. The van der Waals surface area contributed by atoms with Crippen LogP contribution in [-0.2, 0) is 22.6 Å². The summed E-state index contributed by atoms with van der Waals surface area (Å²) in [5.41, 5.74) is 2.52. The topological polar surface area (TPSA) is 58.6 Å². The summed E-state index contributed by atoms with van der Waals surface area (Å²) in [5, 5.41) is 3.83. The van der Waals surface area contributed by atoms with Gasteiger partial charge in [-0.2, -0.15) is 0 Å². The molecule has 0 unspecified atom stereocenters. The molecule has 0 heterocycles. The molecule has 0 aromatic heterocycles. The van der Waals surface area contributed by atoms with Crippen molar-refractivity contribution in [2.24, 2.45) is 0 Å². The normalized spacial score (nSPS) is 11.9. The highest BCUT2D eigenvalue weighted by Crippen LogP contribution is 2.28. The highest BCUT2D eigenvalue weighted by atomic mass is 35.5. The molecule has 0 spiro atoms. The average Bonchev–Trinajstić information content (AvgIpc) is 2.86. The number of carbonyl (C=O) groups is 2. The van der Waals surface area contributed by atoms with Gasteiger partial charge in [0, 0.05) is 34.6 Å². The molecule has 3 aromatic carbocycles. The van der Waals surface area contributed by atoms with Gasteiger partial charge >= 0.3 is 0 Å². The predicted molar refractivity (Wildman–Crippen MR) is 150 cm³/mol. The summed E-state index contributed by atoms with van der Waals surface area (Å²) in [5.74, 6) is 0.284. The van der Waals surface area contributed by atoms with E-state index in [9.17, 15) is 9.59 Å². The van der Waals surface area contributed by atoms with Gasteiger partial charge in [-0.15, -0.1) is 0 Å². The van der Waals surface area contributed by atoms with E-state index < -0.39 is 6.04 Å². The van der Waals surface area contributed by atoms with Crippen LogP contribution >= 0.6 is 23.2 Å². The zero-order chi connectivity index (χ0) is 26.9. The lowest BCUT2D eigenvalue weighted by Gasteiger charge is -2.32. The Morgan fingerprint density at radius 3 is 2.11 bits per heavy atom. The van der Waals surface area contributed by atoms with Crippen LogP contribution in [0.1, 0.15) is 50.3 Å². The number of para-hydroxylation sites is 1. The van der Waals surface area contributed by atoms with Crippen molar-refractivity contribution in [1.82, 2.24) is 10.2 Å². The van der Waals surface area contributed by atoms with Crippen LogP contribution in [0.5, 0.6) is 5.75 Å². The third-order valence-electron chi connectivity index (χ3n) is 5.98. The van der Waals surface area contributed by atoms with E-state index in [1.807, 2.05) is 68.4 Å². The van der Waals surface area contributed by atoms with Crippen LogP contribution in [-0.4, -0.2) is 35.4 Å². The Hall–Kier alpha value is -3.02. The van der Waals surface area contributed by atoms with Crippen LogP contribution in [0.2, 0.25) is 10.0 Å². The van der Waals surface area contributed by atoms with Gasteiger partial charge in [-0.1, -0.05) is 91.6 Å². The van der Waals surface area contributed by atoms with Gasteiger partial charge in [0.15, 0.2) is 6.61 Å². The first-order valence-electron chi connectivity index (χ1n) is 12.5. The summed E-state index contributed by atoms with van der Waals surface area (Å²) >= 11 is 13.0. The first kappa shape index (κ1) is 28.5. The molecule has 3 aromatic rings. The molecular formula is C30H34Cl2N2O3. The summed E-state index contributed by atoms with van der Waals surface area (Å²) in [6, 6.07) is 21.6. The second-order valence-corrected chi connectivity index (χ2v) is 10.4. The number of rotatable bonds is 11. The van der Waals surface area contributed by atoms with Crippen molar-refractivity contribution in [2.45, 2.75) is 58.7 Å². The van der Waals surface area contributed by atoms with Gasteiger partial charge in [0.1, 0.15) is 11.8 Å². The van der Waals surface area contributed by atoms with Crippen LogP contribution in [0.25, 0.3) is 0 Å². The third kappa shape index (κ3) is 7.98. The summed E-state index contributed by atoms with van der Waals surface area (Å²) in [4.78, 5) is 28.8. The minimum absolute atomic E-state index is 0.0650. The zero-order valence-corrected chi connectivity index (χ0v) is 23.2. The van der Waals surface area contributed by atoms with E-state index >= 15 is 0 Å². The number of nitrogens with one attached hydrogen (secondary N) is 1. The molecule has 1 N–H and O–H groups in total. The molecule has 5 nitrogen and oxygen atoms in total. The molecule has 7 heteroatoms. The van der Waals surface area contributed by atoms with Crippen molar-refractivity contribution in [3.8, 4) is 5.75 Å². The monoisotopic (exact) mass is 540 g/mol. The molecule has 0 aliphatic heterocycles. The maximum atomic E-state index is 13.8. The molecule has 196 valence electrons. The van der Waals surface area contributed by atoms with Crippen molar-refractivity contribution in [1.29, 1.82) is 0 Å². The fourth-order valence-electron chi connectivity index (χ4n) is 4.10. The number of amides is 2. The quantitative estimate of drug-likeness (QED) is 0.295. The van der Waals surface area contributed by atoms with Gasteiger partial charge in [-0.25, -0.2) is 0 Å². The second-order valence-electron chi connectivity index (χ2n) is 9.57. The summed E-state index contributed by atoms with van der Waals surface area (Å²) in [6.45, 7) is 7.76. The van der Waals surface area contributed by atoms with Crippen LogP contribution in [0.4, 0.5) is 0 Å². The Kier molecular flexibility index (Phi) is 10.4. The molecule has 0 fully saturated rings. The van der Waals surface area contributed by atoms with E-state index in [2.05, 4.69) is 19.2 Å². The van der Waals surface area contributed by atoms with E-state index in [1.165, 1.54) is 4.90 Å². The van der Waals surface area contributed by atoms with E-state index in [0.29, 0.717) is 27.8 Å². The van der Waals surface area contributed by atoms with Gasteiger partial charge in [0.25, 0.3) is 5.91 Å². The predicted octanol–water partition coefficient (Wildman–Crippen LogP) is 6.66. The number of nitrogens with zero attached hydrogens (tertiary/aromatic N) is 1. The highest BCUT2D eigenvalue weighted by Gasteiger charge is 2.32. The molecule has 0 aliphatic carbocycles. The SMILES string of the molecule is CC(C)NC(=O)[C@@H](Cc1ccccc1)N(Cc1c(Cl)cccc1Cl)C(=O)COc1ccccc1C(C)C. The van der Waals surface area contributed by atoms with Crippen LogP contribution in [0, 0.1) is 0 Å². The van der Waals surface area contributed by atoms with Gasteiger partial charge in [-0.3, -0.25) is 9.59 Å². The Labute approximate surface area is 229 Å². The van der Waals surface area contributed by atoms with Crippen LogP contribution < -0.4 is 10.1 Å². The summed E-state index contributed by atoms with van der Waals surface area (Å²) in [6.07, 6.45) is 0.329. The number of carbonyl (C=O) groups excluding carboxylic acids is 2. The molecule has 2 amide bonds. The molecular weight excluding hydrogens is 507 g/mol. The van der Waals surface area contributed by atoms with Crippen molar-refractivity contribution < 1.29 is 14.3 Å². The minimum atomic E-state index is -0.798. The highest BCUT2D eigenvalue weighted by molar-refractivity contribution is 6.36. The van der Waals surface area contributed by atoms with Gasteiger partial charge in [0.2, 0.25) is 5.91 Å². The molecule has 0 saturated heterocycles. The number of halogens is 2. The first-order valence-corrected chi connectivity index (χ1v) is 13.2. The number of hydrogen-bond acceptors (Lipinski definition) is 3. The third-order valence-corrected chi connectivity index (χ3v) is 6.69. The molecule has 0 bridgehead atoms. The second kappa shape index (κ2) is 13.5. The Balaban J connectivity index is 1.98. The lowest BCUT2D eigenvalue weighted by molar-refractivity contribution is -0.143. The van der Waals surface area contributed by atoms with E-state index in [1.54, 1.807) is 18.2 Å². The van der Waals surface area contributed by atoms with Crippen molar-refractivity contribution in [2.75, 3.05) is 6.61 Å². The zero-order valence-electron chi connectivity index (χ0n) is 21.7. The molecule has 37 heavy (non-hydrogen) atoms. The molecule has 3 rings (SSSR count). The van der Waals surface area contributed by atoms with Gasteiger partial charge in [-0.05, 0) is 49.1 Å². The molecule has 0 aliphatic rings. The van der Waals surface area contributed by atoms with E-state index in [4.69, 9.17) is 27.9 Å². The van der Waals surface area contributed by atoms with Crippen LogP contribution in [0.3, 0.4) is 0 Å². The first-order chi connectivity index (χ1) is 17.7. The average molecular weight is 542 g/mol. The minimum Gasteiger partial charge on any atom is -0.483 e. The standard InChI is InChI=1S/C30H34Cl2N2O3/c1-20(2)23-13-8-9-16-28(23)37-19-29(35)34(18-24-25(31)14-10-15-26(24)32)27(30(36)33-21(3)4)17-22-11-6-5-7-12-22/h5-16,20-21,27H,17-19H2,1-4H3,(H,33,36)/t27-/m1/s1. The Bertz CT molecular complexity index is 1180. The van der Waals surface area contributed by atoms with Crippen molar-refractivity contribution >= 4 is 35.0 Å². The lowest BCUT2D eigenvalue weighted by atomic mass is 10.0. The number of benzene rings is 3. The van der Waals surface area contributed by atoms with Crippen molar-refractivity contribution in [3.05, 3.63) is 99.5 Å². The summed E-state index contributed by atoms with van der Waals surface area (Å²) in [7, 11) is 0. The van der Waals surface area contributed by atoms with Gasteiger partial charge < -0.3 is 15.0 Å². The molecule has 0 radical (unpaired) electrons.